The second-order valence-corrected chi connectivity index (χ2v) is 4.04. The third-order valence-electron chi connectivity index (χ3n) is 2.06. The van der Waals surface area contributed by atoms with Crippen LogP contribution in [0.3, 0.4) is 0 Å². The number of hydrogen-bond donors (Lipinski definition) is 0. The molecule has 0 saturated heterocycles. The van der Waals surface area contributed by atoms with E-state index in [0.29, 0.717) is 5.88 Å². The molecule has 0 unspecified atom stereocenters. The second-order valence-electron chi connectivity index (χ2n) is 2.85. The molecule has 2 aromatic rings. The van der Waals surface area contributed by atoms with Gasteiger partial charge in [-0.3, -0.25) is 0 Å². The Kier molecular flexibility index (Phi) is 3.81. The van der Waals surface area contributed by atoms with Gasteiger partial charge in [-0.1, -0.05) is 15.9 Å². The molecule has 0 amide bonds. The smallest absolute Gasteiger partial charge is 0.124 e. The number of fused-ring (bicyclic) bond motifs is 1. The van der Waals surface area contributed by atoms with E-state index in [9.17, 15) is 0 Å². The predicted octanol–water partition coefficient (Wildman–Crippen LogP) is 3.50. The highest BCUT2D eigenvalue weighted by Gasteiger charge is 2.05. The van der Waals surface area contributed by atoms with Crippen molar-refractivity contribution in [1.29, 1.82) is 0 Å². The lowest BCUT2D eigenvalue weighted by Crippen LogP contribution is -1.93. The molecule has 14 heavy (non-hydrogen) atoms. The maximum atomic E-state index is 5.75. The zero-order chi connectivity index (χ0) is 9.42. The molecule has 1 heterocycles. The summed E-state index contributed by atoms with van der Waals surface area (Å²) in [6.07, 6.45) is 0. The van der Waals surface area contributed by atoms with Gasteiger partial charge in [0.25, 0.3) is 0 Å². The van der Waals surface area contributed by atoms with Crippen molar-refractivity contribution in [2.45, 2.75) is 5.88 Å². The van der Waals surface area contributed by atoms with Crippen molar-refractivity contribution in [1.82, 2.24) is 9.55 Å². The van der Waals surface area contributed by atoms with Crippen LogP contribution < -0.4 is 0 Å². The van der Waals surface area contributed by atoms with Gasteiger partial charge in [0, 0.05) is 11.5 Å². The number of nitrogens with zero attached hydrogens (tertiary/aromatic N) is 2. The summed E-state index contributed by atoms with van der Waals surface area (Å²) in [7, 11) is 1.97. The first-order chi connectivity index (χ1) is 6.22. The van der Waals surface area contributed by atoms with Gasteiger partial charge in [0.15, 0.2) is 0 Å². The zero-order valence-corrected chi connectivity index (χ0v) is 10.7. The molecule has 0 atom stereocenters. The summed E-state index contributed by atoms with van der Waals surface area (Å²) < 4.78 is 3.07. The topological polar surface area (TPSA) is 17.8 Å². The Labute approximate surface area is 102 Å². The Morgan fingerprint density at radius 2 is 2.21 bits per heavy atom. The number of benzene rings is 1. The van der Waals surface area contributed by atoms with Crippen LogP contribution in [0, 0.1) is 0 Å². The molecule has 76 valence electrons. The highest BCUT2D eigenvalue weighted by molar-refractivity contribution is 9.10. The Hall–Kier alpha value is -0.250. The van der Waals surface area contributed by atoms with E-state index in [1.807, 2.05) is 29.8 Å². The lowest BCUT2D eigenvalue weighted by atomic mass is 10.3. The van der Waals surface area contributed by atoms with Gasteiger partial charge in [-0.2, -0.15) is 0 Å². The average molecular weight is 296 g/mol. The van der Waals surface area contributed by atoms with Crippen molar-refractivity contribution in [3.8, 4) is 0 Å². The van der Waals surface area contributed by atoms with Gasteiger partial charge >= 0.3 is 0 Å². The van der Waals surface area contributed by atoms with E-state index >= 15 is 0 Å². The van der Waals surface area contributed by atoms with Crippen molar-refractivity contribution in [2.24, 2.45) is 7.05 Å². The van der Waals surface area contributed by atoms with Crippen molar-refractivity contribution >= 4 is 51.0 Å². The number of halogens is 3. The zero-order valence-electron chi connectivity index (χ0n) is 7.50. The molecule has 1 aromatic carbocycles. The van der Waals surface area contributed by atoms with Crippen molar-refractivity contribution in [3.63, 3.8) is 0 Å². The van der Waals surface area contributed by atoms with Crippen LogP contribution in [-0.4, -0.2) is 9.55 Å². The minimum Gasteiger partial charge on any atom is -0.330 e. The normalized spacial score (nSPS) is 10.2. The molecule has 0 spiro atoms. The van der Waals surface area contributed by atoms with Crippen LogP contribution in [-0.2, 0) is 12.9 Å². The van der Waals surface area contributed by atoms with Gasteiger partial charge < -0.3 is 4.57 Å². The first-order valence-electron chi connectivity index (χ1n) is 3.89. The summed E-state index contributed by atoms with van der Waals surface area (Å²) in [6, 6.07) is 6.00. The monoisotopic (exact) mass is 294 g/mol. The molecule has 0 N–H and O–H groups in total. The summed E-state index contributed by atoms with van der Waals surface area (Å²) in [5.41, 5.74) is 2.09. The Morgan fingerprint density at radius 1 is 1.50 bits per heavy atom. The van der Waals surface area contributed by atoms with Crippen LogP contribution in [0.15, 0.2) is 22.7 Å². The van der Waals surface area contributed by atoms with Crippen LogP contribution in [0.5, 0.6) is 0 Å². The van der Waals surface area contributed by atoms with Crippen molar-refractivity contribution < 1.29 is 0 Å². The fraction of sp³-hybridized carbons (Fsp3) is 0.222. The molecule has 0 radical (unpaired) electrons. The summed E-state index contributed by atoms with van der Waals surface area (Å²) in [5.74, 6) is 1.35. The number of imidazole rings is 1. The maximum Gasteiger partial charge on any atom is 0.124 e. The highest BCUT2D eigenvalue weighted by atomic mass is 79.9. The van der Waals surface area contributed by atoms with Crippen molar-refractivity contribution in [3.05, 3.63) is 28.5 Å². The highest BCUT2D eigenvalue weighted by Crippen LogP contribution is 2.20. The number of aryl methyl sites for hydroxylation is 1. The van der Waals surface area contributed by atoms with E-state index in [1.165, 1.54) is 0 Å². The molecule has 0 aliphatic carbocycles. The Morgan fingerprint density at radius 3 is 2.86 bits per heavy atom. The molecule has 2 rings (SSSR count). The van der Waals surface area contributed by atoms with E-state index in [-0.39, 0.29) is 12.4 Å². The summed E-state index contributed by atoms with van der Waals surface area (Å²) in [4.78, 5) is 4.38. The molecule has 5 heteroatoms. The van der Waals surface area contributed by atoms with Gasteiger partial charge in [0.05, 0.1) is 16.9 Å². The summed E-state index contributed by atoms with van der Waals surface area (Å²) >= 11 is 9.17. The third-order valence-corrected chi connectivity index (χ3v) is 2.79. The van der Waals surface area contributed by atoms with E-state index < -0.39 is 0 Å². The van der Waals surface area contributed by atoms with Crippen LogP contribution in [0.1, 0.15) is 5.82 Å². The third kappa shape index (κ3) is 1.90. The van der Waals surface area contributed by atoms with E-state index in [1.54, 1.807) is 0 Å². The van der Waals surface area contributed by atoms with Gasteiger partial charge in [0.2, 0.25) is 0 Å². The molecule has 0 saturated carbocycles. The van der Waals surface area contributed by atoms with E-state index in [2.05, 4.69) is 20.9 Å². The molecular weight excluding hydrogens is 287 g/mol. The van der Waals surface area contributed by atoms with Gasteiger partial charge in [-0.15, -0.1) is 24.0 Å². The van der Waals surface area contributed by atoms with Crippen molar-refractivity contribution in [2.75, 3.05) is 0 Å². The predicted molar refractivity (Wildman–Crippen MR) is 65.2 cm³/mol. The van der Waals surface area contributed by atoms with Crippen LogP contribution in [0.2, 0.25) is 0 Å². The molecule has 0 bridgehead atoms. The minimum absolute atomic E-state index is 0. The largest absolute Gasteiger partial charge is 0.330 e. The van der Waals surface area contributed by atoms with Crippen LogP contribution in [0.25, 0.3) is 11.0 Å². The number of aromatic nitrogens is 2. The fourth-order valence-electron chi connectivity index (χ4n) is 1.33. The number of alkyl halides is 1. The summed E-state index contributed by atoms with van der Waals surface area (Å²) in [5, 5.41) is 0. The fourth-order valence-corrected chi connectivity index (χ4v) is 1.92. The SMILES string of the molecule is Cl.Cn1c(CCl)nc2ccc(Br)cc21. The first-order valence-corrected chi connectivity index (χ1v) is 5.22. The Balaban J connectivity index is 0.000000980. The minimum atomic E-state index is 0. The molecule has 0 aliphatic heterocycles. The average Bonchev–Trinajstić information content (AvgIpc) is 2.44. The summed E-state index contributed by atoms with van der Waals surface area (Å²) in [6.45, 7) is 0. The maximum absolute atomic E-state index is 5.75. The molecule has 2 nitrogen and oxygen atoms in total. The molecule has 0 fully saturated rings. The number of hydrogen-bond acceptors (Lipinski definition) is 1. The van der Waals surface area contributed by atoms with E-state index in [0.717, 1.165) is 21.3 Å². The molecule has 0 aliphatic rings. The second kappa shape index (κ2) is 4.51. The lowest BCUT2D eigenvalue weighted by molar-refractivity contribution is 0.873. The molecular formula is C9H9BrCl2N2. The van der Waals surface area contributed by atoms with Gasteiger partial charge in [-0.05, 0) is 18.2 Å². The lowest BCUT2D eigenvalue weighted by Gasteiger charge is -1.97. The van der Waals surface area contributed by atoms with Gasteiger partial charge in [0.1, 0.15) is 5.82 Å². The van der Waals surface area contributed by atoms with Crippen LogP contribution in [0.4, 0.5) is 0 Å². The van der Waals surface area contributed by atoms with Crippen LogP contribution >= 0.6 is 39.9 Å². The van der Waals surface area contributed by atoms with Gasteiger partial charge in [-0.25, -0.2) is 4.98 Å². The standard InChI is InChI=1S/C9H8BrClN2.ClH/c1-13-8-4-6(10)2-3-7(8)12-9(13)5-11;/h2-4H,5H2,1H3;1H. The number of rotatable bonds is 1. The Bertz CT molecular complexity index is 453. The molecule has 1 aromatic heterocycles. The van der Waals surface area contributed by atoms with E-state index in [4.69, 9.17) is 11.6 Å². The quantitative estimate of drug-likeness (QED) is 0.736. The first kappa shape index (κ1) is 11.8.